The first kappa shape index (κ1) is 19.9. The normalized spacial score (nSPS) is 11.4. The Morgan fingerprint density at radius 3 is 2.30 bits per heavy atom. The molecule has 27 heavy (non-hydrogen) atoms. The molecule has 0 spiro atoms. The highest BCUT2D eigenvalue weighted by atomic mass is 32.1. The number of rotatable bonds is 4. The van der Waals surface area contributed by atoms with Crippen molar-refractivity contribution in [3.63, 3.8) is 0 Å². The molecular weight excluding hydrogens is 360 g/mol. The fourth-order valence-corrected chi connectivity index (χ4v) is 3.22. The molecule has 0 aliphatic heterocycles. The van der Waals surface area contributed by atoms with Gasteiger partial charge >= 0.3 is 0 Å². The van der Waals surface area contributed by atoms with Gasteiger partial charge in [-0.1, -0.05) is 32.9 Å². The number of nitrogens with two attached hydrogens (primary N) is 1. The van der Waals surface area contributed by atoms with Gasteiger partial charge in [-0.05, 0) is 35.3 Å². The molecule has 2 amide bonds. The Balaban J connectivity index is 2.33. The molecule has 1 heterocycles. The van der Waals surface area contributed by atoms with Gasteiger partial charge in [0, 0.05) is 4.88 Å². The zero-order valence-electron chi connectivity index (χ0n) is 15.2. The maximum atomic E-state index is 12.5. The van der Waals surface area contributed by atoms with Gasteiger partial charge < -0.3 is 11.1 Å². The van der Waals surface area contributed by atoms with E-state index in [4.69, 9.17) is 11.0 Å². The van der Waals surface area contributed by atoms with E-state index in [0.717, 1.165) is 4.88 Å². The Morgan fingerprint density at radius 2 is 1.81 bits per heavy atom. The van der Waals surface area contributed by atoms with Gasteiger partial charge in [-0.3, -0.25) is 9.59 Å². The smallest absolute Gasteiger partial charge is 0.266 e. The van der Waals surface area contributed by atoms with Crippen LogP contribution in [0.15, 0.2) is 35.9 Å². The highest BCUT2D eigenvalue weighted by Crippen LogP contribution is 2.35. The summed E-state index contributed by atoms with van der Waals surface area (Å²) >= 11 is 1.22. The fraction of sp³-hybridized carbons (Fsp3) is 0.200. The zero-order chi connectivity index (χ0) is 20.2. The third kappa shape index (κ3) is 4.81. The average Bonchev–Trinajstić information content (AvgIpc) is 3.04. The lowest BCUT2D eigenvalue weighted by Gasteiger charge is -2.15. The number of carbonyl (C=O) groups excluding carboxylic acids is 2. The number of benzene rings is 1. The van der Waals surface area contributed by atoms with E-state index in [1.165, 1.54) is 17.4 Å². The van der Waals surface area contributed by atoms with Gasteiger partial charge in [0.15, 0.2) is 0 Å². The zero-order valence-corrected chi connectivity index (χ0v) is 16.0. The van der Waals surface area contributed by atoms with Crippen molar-refractivity contribution < 1.29 is 9.59 Å². The van der Waals surface area contributed by atoms with Crippen molar-refractivity contribution in [3.05, 3.63) is 56.8 Å². The van der Waals surface area contributed by atoms with Crippen LogP contribution in [0.4, 0.5) is 5.69 Å². The maximum Gasteiger partial charge on any atom is 0.266 e. The molecule has 136 valence electrons. The number of carbonyl (C=O) groups is 2. The Kier molecular flexibility index (Phi) is 5.79. The lowest BCUT2D eigenvalue weighted by molar-refractivity contribution is -0.112. The van der Waals surface area contributed by atoms with Crippen LogP contribution in [0.25, 0.3) is 6.08 Å². The minimum atomic E-state index is -0.639. The predicted octanol–water partition coefficient (Wildman–Crippen LogP) is 3.56. The molecule has 0 aliphatic rings. The van der Waals surface area contributed by atoms with Crippen molar-refractivity contribution in [1.82, 2.24) is 0 Å². The highest BCUT2D eigenvalue weighted by molar-refractivity contribution is 7.14. The minimum absolute atomic E-state index is 0.126. The Labute approximate surface area is 161 Å². The van der Waals surface area contributed by atoms with Crippen LogP contribution in [-0.4, -0.2) is 11.8 Å². The van der Waals surface area contributed by atoms with Crippen LogP contribution < -0.4 is 11.1 Å². The summed E-state index contributed by atoms with van der Waals surface area (Å²) in [5.41, 5.74) is 6.46. The van der Waals surface area contributed by atoms with E-state index in [9.17, 15) is 14.9 Å². The largest absolute Gasteiger partial charge is 0.365 e. The molecule has 0 radical (unpaired) electrons. The van der Waals surface area contributed by atoms with Crippen LogP contribution in [0.1, 0.15) is 46.4 Å². The summed E-state index contributed by atoms with van der Waals surface area (Å²) in [6.07, 6.45) is 1.41. The second kappa shape index (κ2) is 7.86. The molecule has 0 atom stereocenters. The Morgan fingerprint density at radius 1 is 1.19 bits per heavy atom. The van der Waals surface area contributed by atoms with Gasteiger partial charge in [0.25, 0.3) is 11.8 Å². The van der Waals surface area contributed by atoms with Crippen molar-refractivity contribution in [3.8, 4) is 12.1 Å². The van der Waals surface area contributed by atoms with E-state index in [2.05, 4.69) is 5.32 Å². The van der Waals surface area contributed by atoms with E-state index >= 15 is 0 Å². The molecule has 0 unspecified atom stereocenters. The van der Waals surface area contributed by atoms with Gasteiger partial charge in [0.2, 0.25) is 0 Å². The lowest BCUT2D eigenvalue weighted by atomic mass is 9.94. The van der Waals surface area contributed by atoms with Crippen molar-refractivity contribution in [2.75, 3.05) is 5.32 Å². The summed E-state index contributed by atoms with van der Waals surface area (Å²) in [5, 5.41) is 20.8. The molecule has 0 saturated carbocycles. The highest BCUT2D eigenvalue weighted by Gasteiger charge is 2.23. The quantitative estimate of drug-likeness (QED) is 0.624. The van der Waals surface area contributed by atoms with Crippen LogP contribution in [0.2, 0.25) is 0 Å². The molecule has 7 heteroatoms. The first-order valence-corrected chi connectivity index (χ1v) is 8.84. The van der Waals surface area contributed by atoms with Crippen molar-refractivity contribution in [2.45, 2.75) is 26.2 Å². The molecule has 0 bridgehead atoms. The van der Waals surface area contributed by atoms with Crippen LogP contribution in [-0.2, 0) is 10.2 Å². The lowest BCUT2D eigenvalue weighted by Crippen LogP contribution is -2.17. The number of hydrogen-bond acceptors (Lipinski definition) is 5. The monoisotopic (exact) mass is 378 g/mol. The molecule has 1 aromatic heterocycles. The van der Waals surface area contributed by atoms with Gasteiger partial charge in [-0.15, -0.1) is 11.3 Å². The third-order valence-electron chi connectivity index (χ3n) is 3.66. The second-order valence-electron chi connectivity index (χ2n) is 6.83. The summed E-state index contributed by atoms with van der Waals surface area (Å²) in [6.45, 7) is 5.96. The number of nitrogens with one attached hydrogen (secondary N) is 1. The number of nitrogens with zero attached hydrogens (tertiary/aromatic N) is 2. The van der Waals surface area contributed by atoms with E-state index in [0.29, 0.717) is 16.8 Å². The molecule has 1 aromatic carbocycles. The van der Waals surface area contributed by atoms with Crippen molar-refractivity contribution in [2.24, 2.45) is 5.73 Å². The molecular formula is C20H18N4O2S. The maximum absolute atomic E-state index is 12.5. The Hall–Kier alpha value is -3.42. The molecule has 0 aliphatic carbocycles. The SMILES string of the molecule is CC(C)(C)c1cc(NC(=O)/C(C#N)=C\c2ccc(C#N)cc2)c(C(N)=O)s1. The van der Waals surface area contributed by atoms with E-state index < -0.39 is 11.8 Å². The van der Waals surface area contributed by atoms with Gasteiger partial charge in [-0.2, -0.15) is 10.5 Å². The number of anilines is 1. The number of amides is 2. The van der Waals surface area contributed by atoms with Crippen LogP contribution in [0, 0.1) is 22.7 Å². The molecule has 3 N–H and O–H groups in total. The fourth-order valence-electron chi connectivity index (χ4n) is 2.20. The first-order valence-electron chi connectivity index (χ1n) is 8.03. The molecule has 0 saturated heterocycles. The summed E-state index contributed by atoms with van der Waals surface area (Å²) in [6, 6.07) is 12.0. The number of nitriles is 2. The standard InChI is InChI=1S/C20H18N4O2S/c1-20(2,3)16-9-15(17(27-16)18(23)25)24-19(26)14(11-22)8-12-4-6-13(10-21)7-5-12/h4-9H,1-3H3,(H2,23,25)(H,24,26)/b14-8-. The topological polar surface area (TPSA) is 120 Å². The van der Waals surface area contributed by atoms with Crippen molar-refractivity contribution in [1.29, 1.82) is 10.5 Å². The van der Waals surface area contributed by atoms with Gasteiger partial charge in [0.05, 0.1) is 17.3 Å². The van der Waals surface area contributed by atoms with Gasteiger partial charge in [0.1, 0.15) is 16.5 Å². The molecule has 2 rings (SSSR count). The second-order valence-corrected chi connectivity index (χ2v) is 7.88. The third-order valence-corrected chi connectivity index (χ3v) is 5.23. The summed E-state index contributed by atoms with van der Waals surface area (Å²) in [4.78, 5) is 25.3. The van der Waals surface area contributed by atoms with Crippen LogP contribution >= 0.6 is 11.3 Å². The Bertz CT molecular complexity index is 997. The summed E-state index contributed by atoms with van der Waals surface area (Å²) in [7, 11) is 0. The summed E-state index contributed by atoms with van der Waals surface area (Å²) in [5.74, 6) is -1.28. The number of hydrogen-bond donors (Lipinski definition) is 2. The summed E-state index contributed by atoms with van der Waals surface area (Å²) < 4.78 is 0. The average molecular weight is 378 g/mol. The molecule has 6 nitrogen and oxygen atoms in total. The predicted molar refractivity (Wildman–Crippen MR) is 105 cm³/mol. The van der Waals surface area contributed by atoms with E-state index in [-0.39, 0.29) is 15.9 Å². The van der Waals surface area contributed by atoms with Crippen LogP contribution in [0.3, 0.4) is 0 Å². The number of thiophene rings is 1. The first-order chi connectivity index (χ1) is 12.7. The minimum Gasteiger partial charge on any atom is -0.365 e. The number of primary amides is 1. The molecule has 2 aromatic rings. The molecule has 0 fully saturated rings. The van der Waals surface area contributed by atoms with Crippen molar-refractivity contribution >= 4 is 34.9 Å². The van der Waals surface area contributed by atoms with Gasteiger partial charge in [-0.25, -0.2) is 0 Å². The van der Waals surface area contributed by atoms with E-state index in [1.807, 2.05) is 32.9 Å². The van der Waals surface area contributed by atoms with Crippen LogP contribution in [0.5, 0.6) is 0 Å². The van der Waals surface area contributed by atoms with E-state index in [1.54, 1.807) is 30.3 Å².